The van der Waals surface area contributed by atoms with Crippen LogP contribution in [0.5, 0.6) is 0 Å². The molecule has 1 fully saturated rings. The number of hydrogen-bond donors (Lipinski definition) is 1. The molecule has 3 heterocycles. The number of aromatic nitrogens is 4. The molecule has 0 aromatic carbocycles. The zero-order chi connectivity index (χ0) is 17.1. The van der Waals surface area contributed by atoms with Crippen LogP contribution in [-0.4, -0.2) is 56.3 Å². The minimum Gasteiger partial charge on any atom is -0.355 e. The van der Waals surface area contributed by atoms with Crippen molar-refractivity contribution in [3.63, 3.8) is 0 Å². The van der Waals surface area contributed by atoms with E-state index < -0.39 is 0 Å². The molecule has 0 saturated carbocycles. The lowest BCUT2D eigenvalue weighted by Gasteiger charge is -2.35. The lowest BCUT2D eigenvalue weighted by atomic mass is 9.98. The Morgan fingerprint density at radius 2 is 2.12 bits per heavy atom. The summed E-state index contributed by atoms with van der Waals surface area (Å²) in [7, 11) is 0. The highest BCUT2D eigenvalue weighted by atomic mass is 32.1. The number of carbonyl (C=O) groups excluding carboxylic acids is 1. The van der Waals surface area contributed by atoms with Crippen molar-refractivity contribution in [1.29, 1.82) is 0 Å². The molecule has 1 unspecified atom stereocenters. The highest BCUT2D eigenvalue weighted by molar-refractivity contribution is 7.16. The van der Waals surface area contributed by atoms with Crippen LogP contribution in [0.4, 0.5) is 0 Å². The number of nitrogens with zero attached hydrogens (tertiary/aromatic N) is 5. The van der Waals surface area contributed by atoms with Gasteiger partial charge in [-0.15, -0.1) is 10.2 Å². The van der Waals surface area contributed by atoms with Crippen LogP contribution in [0.3, 0.4) is 0 Å². The Hall–Kier alpha value is -1.54. The van der Waals surface area contributed by atoms with Crippen molar-refractivity contribution < 1.29 is 4.79 Å². The predicted molar refractivity (Wildman–Crippen MR) is 94.2 cm³/mol. The van der Waals surface area contributed by atoms with E-state index in [1.807, 2.05) is 6.92 Å². The summed E-state index contributed by atoms with van der Waals surface area (Å²) in [6, 6.07) is 0.401. The highest BCUT2D eigenvalue weighted by Crippen LogP contribution is 2.18. The van der Waals surface area contributed by atoms with Crippen LogP contribution in [0.15, 0.2) is 0 Å². The van der Waals surface area contributed by atoms with Crippen molar-refractivity contribution in [1.82, 2.24) is 30.0 Å². The molecule has 2 aromatic rings. The third kappa shape index (κ3) is 4.10. The number of likely N-dealkylation sites (tertiary alicyclic amines) is 1. The van der Waals surface area contributed by atoms with E-state index in [1.165, 1.54) is 24.2 Å². The van der Waals surface area contributed by atoms with Crippen molar-refractivity contribution in [2.45, 2.75) is 52.5 Å². The van der Waals surface area contributed by atoms with Gasteiger partial charge in [0.2, 0.25) is 10.9 Å². The molecule has 7 nitrogen and oxygen atoms in total. The largest absolute Gasteiger partial charge is 0.355 e. The number of amides is 1. The zero-order valence-corrected chi connectivity index (χ0v) is 15.5. The molecule has 3 rings (SSSR count). The fraction of sp³-hybridized carbons (Fsp3) is 0.750. The van der Waals surface area contributed by atoms with Crippen LogP contribution >= 0.6 is 11.3 Å². The zero-order valence-electron chi connectivity index (χ0n) is 14.7. The lowest BCUT2D eigenvalue weighted by molar-refractivity contribution is -0.121. The van der Waals surface area contributed by atoms with Crippen molar-refractivity contribution in [2.24, 2.45) is 5.92 Å². The first-order chi connectivity index (χ1) is 11.5. The molecule has 8 heteroatoms. The van der Waals surface area contributed by atoms with Gasteiger partial charge in [-0.1, -0.05) is 18.3 Å². The molecular weight excluding hydrogens is 324 g/mol. The third-order valence-electron chi connectivity index (χ3n) is 4.79. The van der Waals surface area contributed by atoms with E-state index in [0.29, 0.717) is 18.9 Å². The number of piperidine rings is 1. The van der Waals surface area contributed by atoms with Gasteiger partial charge in [0.1, 0.15) is 5.01 Å². The first-order valence-electron chi connectivity index (χ1n) is 8.71. The fourth-order valence-electron chi connectivity index (χ4n) is 3.02. The number of rotatable bonds is 6. The van der Waals surface area contributed by atoms with Gasteiger partial charge in [0.25, 0.3) is 0 Å². The number of carbonyl (C=O) groups is 1. The second-order valence-electron chi connectivity index (χ2n) is 6.81. The second kappa shape index (κ2) is 7.57. The average molecular weight is 350 g/mol. The summed E-state index contributed by atoms with van der Waals surface area (Å²) in [5, 5.41) is 16.4. The van der Waals surface area contributed by atoms with Crippen LogP contribution in [0.25, 0.3) is 4.96 Å². The maximum absolute atomic E-state index is 12.1. The van der Waals surface area contributed by atoms with Gasteiger partial charge in [-0.05, 0) is 45.7 Å². The van der Waals surface area contributed by atoms with Gasteiger partial charge >= 0.3 is 0 Å². The summed E-state index contributed by atoms with van der Waals surface area (Å²) in [6.45, 7) is 9.39. The Labute approximate surface area is 146 Å². The monoisotopic (exact) mass is 350 g/mol. The van der Waals surface area contributed by atoms with E-state index in [1.54, 1.807) is 4.52 Å². The van der Waals surface area contributed by atoms with Gasteiger partial charge in [0, 0.05) is 25.4 Å². The van der Waals surface area contributed by atoms with Crippen molar-refractivity contribution in [3.8, 4) is 0 Å². The predicted octanol–water partition coefficient (Wildman–Crippen LogP) is 1.66. The number of nitrogens with one attached hydrogen (secondary N) is 1. The third-order valence-corrected chi connectivity index (χ3v) is 5.75. The molecule has 1 amide bonds. The van der Waals surface area contributed by atoms with Crippen LogP contribution in [0.1, 0.15) is 43.9 Å². The van der Waals surface area contributed by atoms with Crippen LogP contribution in [0.2, 0.25) is 0 Å². The standard InChI is InChI=1S/C16H26N6OS/c1-11-6-8-21(9-7-11)12(2)10-17-14(23)4-5-15-20-22-13(3)18-19-16(22)24-15/h11-12H,4-10H2,1-3H3,(H,17,23). The van der Waals surface area contributed by atoms with E-state index >= 15 is 0 Å². The number of hydrogen-bond acceptors (Lipinski definition) is 6. The molecule has 2 aromatic heterocycles. The summed E-state index contributed by atoms with van der Waals surface area (Å²) < 4.78 is 1.73. The molecule has 0 radical (unpaired) electrons. The smallest absolute Gasteiger partial charge is 0.234 e. The topological polar surface area (TPSA) is 75.4 Å². The van der Waals surface area contributed by atoms with Gasteiger partial charge in [-0.3, -0.25) is 9.69 Å². The van der Waals surface area contributed by atoms with Gasteiger partial charge < -0.3 is 5.32 Å². The molecule has 1 aliphatic heterocycles. The minimum absolute atomic E-state index is 0.0925. The quantitative estimate of drug-likeness (QED) is 0.857. The molecule has 0 aliphatic carbocycles. The second-order valence-corrected chi connectivity index (χ2v) is 7.85. The average Bonchev–Trinajstić information content (AvgIpc) is 3.13. The van der Waals surface area contributed by atoms with Crippen molar-refractivity contribution in [2.75, 3.05) is 19.6 Å². The maximum Gasteiger partial charge on any atom is 0.234 e. The molecule has 1 atom stereocenters. The first-order valence-corrected chi connectivity index (χ1v) is 9.53. The molecule has 0 spiro atoms. The maximum atomic E-state index is 12.1. The van der Waals surface area contributed by atoms with E-state index in [9.17, 15) is 4.79 Å². The van der Waals surface area contributed by atoms with Gasteiger partial charge in [-0.2, -0.15) is 9.61 Å². The van der Waals surface area contributed by atoms with E-state index in [2.05, 4.69) is 39.4 Å². The number of fused-ring (bicyclic) bond motifs is 1. The Morgan fingerprint density at radius 1 is 1.38 bits per heavy atom. The van der Waals surface area contributed by atoms with Gasteiger partial charge in [-0.25, -0.2) is 0 Å². The normalized spacial score (nSPS) is 18.1. The van der Waals surface area contributed by atoms with E-state index in [4.69, 9.17) is 0 Å². The summed E-state index contributed by atoms with van der Waals surface area (Å²) in [4.78, 5) is 15.4. The summed E-state index contributed by atoms with van der Waals surface area (Å²) in [5.74, 6) is 1.71. The van der Waals surface area contributed by atoms with Crippen LogP contribution in [0, 0.1) is 12.8 Å². The molecule has 1 saturated heterocycles. The van der Waals surface area contributed by atoms with Gasteiger partial charge in [0.15, 0.2) is 5.82 Å². The lowest BCUT2D eigenvalue weighted by Crippen LogP contribution is -2.45. The summed E-state index contributed by atoms with van der Waals surface area (Å²) in [6.07, 6.45) is 3.64. The Morgan fingerprint density at radius 3 is 2.83 bits per heavy atom. The first kappa shape index (κ1) is 17.3. The molecule has 1 aliphatic rings. The molecule has 132 valence electrons. The summed E-state index contributed by atoms with van der Waals surface area (Å²) in [5.41, 5.74) is 0. The number of aryl methyl sites for hydroxylation is 2. The van der Waals surface area contributed by atoms with E-state index in [-0.39, 0.29) is 5.91 Å². The van der Waals surface area contributed by atoms with Crippen molar-refractivity contribution >= 4 is 22.2 Å². The molecular formula is C16H26N6OS. The SMILES string of the molecule is Cc1nnc2sc(CCC(=O)NCC(C)N3CCC(C)CC3)nn12. The fourth-order valence-corrected chi connectivity index (χ4v) is 3.90. The van der Waals surface area contributed by atoms with E-state index in [0.717, 1.165) is 41.3 Å². The molecule has 24 heavy (non-hydrogen) atoms. The molecule has 1 N–H and O–H groups in total. The summed E-state index contributed by atoms with van der Waals surface area (Å²) >= 11 is 1.50. The Balaban J connectivity index is 1.40. The van der Waals surface area contributed by atoms with Crippen LogP contribution in [-0.2, 0) is 11.2 Å². The Bertz CT molecular complexity index is 688. The van der Waals surface area contributed by atoms with Gasteiger partial charge in [0.05, 0.1) is 0 Å². The van der Waals surface area contributed by atoms with Crippen LogP contribution < -0.4 is 5.32 Å². The molecule has 0 bridgehead atoms. The highest BCUT2D eigenvalue weighted by Gasteiger charge is 2.20. The Kier molecular flexibility index (Phi) is 5.45. The van der Waals surface area contributed by atoms with Crippen molar-refractivity contribution in [3.05, 3.63) is 10.8 Å². The minimum atomic E-state index is 0.0925.